The Kier molecular flexibility index (Phi) is 5.34. The van der Waals surface area contributed by atoms with Gasteiger partial charge >= 0.3 is 0 Å². The number of benzene rings is 2. The van der Waals surface area contributed by atoms with Crippen LogP contribution in [0, 0.1) is 6.92 Å². The number of aromatic nitrogens is 1. The van der Waals surface area contributed by atoms with Crippen LogP contribution < -0.4 is 10.7 Å². The molecule has 2 amide bonds. The number of aromatic amines is 1. The Hall–Kier alpha value is -3.12. The van der Waals surface area contributed by atoms with E-state index in [9.17, 15) is 9.59 Å². The fourth-order valence-electron chi connectivity index (χ4n) is 2.57. The number of fused-ring (bicyclic) bond motifs is 1. The molecular formula is C19H17ClN4O2. The minimum absolute atomic E-state index is 0.200. The third kappa shape index (κ3) is 3.92. The quantitative estimate of drug-likeness (QED) is 0.477. The highest BCUT2D eigenvalue weighted by molar-refractivity contribution is 6.33. The van der Waals surface area contributed by atoms with Gasteiger partial charge in [0.15, 0.2) is 0 Å². The van der Waals surface area contributed by atoms with E-state index in [1.807, 2.05) is 31.2 Å². The number of hydrogen-bond acceptors (Lipinski definition) is 3. The summed E-state index contributed by atoms with van der Waals surface area (Å²) in [5, 5.41) is 7.83. The fraction of sp³-hybridized carbons (Fsp3) is 0.105. The molecule has 3 N–H and O–H groups in total. The Morgan fingerprint density at radius 1 is 1.15 bits per heavy atom. The summed E-state index contributed by atoms with van der Waals surface area (Å²) in [5.41, 5.74) is 5.59. The van der Waals surface area contributed by atoms with Crippen molar-refractivity contribution >= 4 is 40.5 Å². The van der Waals surface area contributed by atoms with Crippen molar-refractivity contribution < 1.29 is 9.59 Å². The molecule has 0 fully saturated rings. The van der Waals surface area contributed by atoms with Gasteiger partial charge < -0.3 is 10.3 Å². The maximum Gasteiger partial charge on any atom is 0.259 e. The zero-order chi connectivity index (χ0) is 18.5. The molecule has 0 saturated carbocycles. The molecule has 26 heavy (non-hydrogen) atoms. The lowest BCUT2D eigenvalue weighted by molar-refractivity contribution is -0.120. The molecule has 0 saturated heterocycles. The number of rotatable bonds is 5. The number of nitrogens with one attached hydrogen (secondary N) is 3. The third-order valence-corrected chi connectivity index (χ3v) is 4.18. The first-order valence-electron chi connectivity index (χ1n) is 7.98. The molecule has 0 aliphatic heterocycles. The highest BCUT2D eigenvalue weighted by atomic mass is 35.5. The second-order valence-electron chi connectivity index (χ2n) is 5.66. The van der Waals surface area contributed by atoms with Gasteiger partial charge in [0.25, 0.3) is 11.8 Å². The van der Waals surface area contributed by atoms with Crippen LogP contribution in [0.1, 0.15) is 21.6 Å². The van der Waals surface area contributed by atoms with Crippen molar-refractivity contribution in [3.05, 3.63) is 70.4 Å². The molecule has 6 nitrogen and oxygen atoms in total. The van der Waals surface area contributed by atoms with Gasteiger partial charge in [-0.1, -0.05) is 41.9 Å². The SMILES string of the molecule is Cc1[nH]c2ccccc2c1/C=N\NC(=O)CNC(=O)c1ccccc1Cl. The van der Waals surface area contributed by atoms with Gasteiger partial charge in [-0.05, 0) is 25.1 Å². The molecule has 0 bridgehead atoms. The molecule has 2 aromatic carbocycles. The number of hydrazone groups is 1. The molecule has 1 heterocycles. The number of amides is 2. The summed E-state index contributed by atoms with van der Waals surface area (Å²) >= 11 is 5.95. The summed E-state index contributed by atoms with van der Waals surface area (Å²) in [6.45, 7) is 1.74. The molecule has 0 radical (unpaired) electrons. The van der Waals surface area contributed by atoms with E-state index in [2.05, 4.69) is 20.8 Å². The van der Waals surface area contributed by atoms with Gasteiger partial charge in [0.1, 0.15) is 0 Å². The van der Waals surface area contributed by atoms with Crippen LogP contribution in [0.15, 0.2) is 53.6 Å². The average Bonchev–Trinajstić information content (AvgIpc) is 2.95. The van der Waals surface area contributed by atoms with Gasteiger partial charge in [0.2, 0.25) is 0 Å². The summed E-state index contributed by atoms with van der Waals surface area (Å²) < 4.78 is 0. The first-order chi connectivity index (χ1) is 12.6. The lowest BCUT2D eigenvalue weighted by Gasteiger charge is -2.05. The summed E-state index contributed by atoms with van der Waals surface area (Å²) in [5.74, 6) is -0.846. The molecule has 0 aliphatic rings. The van der Waals surface area contributed by atoms with Gasteiger partial charge in [0, 0.05) is 22.2 Å². The summed E-state index contributed by atoms with van der Waals surface area (Å²) in [7, 11) is 0. The van der Waals surface area contributed by atoms with Crippen LogP contribution in [0.3, 0.4) is 0 Å². The van der Waals surface area contributed by atoms with Crippen molar-refractivity contribution in [2.75, 3.05) is 6.54 Å². The molecule has 0 aliphatic carbocycles. The maximum atomic E-state index is 12.0. The second-order valence-corrected chi connectivity index (χ2v) is 6.07. The van der Waals surface area contributed by atoms with Crippen LogP contribution in [-0.2, 0) is 4.79 Å². The highest BCUT2D eigenvalue weighted by Crippen LogP contribution is 2.19. The molecule has 3 rings (SSSR count). The molecule has 0 atom stereocenters. The van der Waals surface area contributed by atoms with Crippen molar-refractivity contribution in [3.63, 3.8) is 0 Å². The van der Waals surface area contributed by atoms with Crippen LogP contribution in [0.4, 0.5) is 0 Å². The van der Waals surface area contributed by atoms with Crippen LogP contribution >= 0.6 is 11.6 Å². The van der Waals surface area contributed by atoms with Crippen LogP contribution in [0.25, 0.3) is 10.9 Å². The van der Waals surface area contributed by atoms with Gasteiger partial charge in [-0.2, -0.15) is 5.10 Å². The van der Waals surface area contributed by atoms with E-state index in [1.165, 1.54) is 0 Å². The van der Waals surface area contributed by atoms with Gasteiger partial charge in [-0.25, -0.2) is 5.43 Å². The Balaban J connectivity index is 1.57. The number of hydrogen-bond donors (Lipinski definition) is 3. The standard InChI is InChI=1S/C19H17ClN4O2/c1-12-15(13-6-3-5-9-17(13)23-12)10-22-24-18(25)11-21-19(26)14-7-2-4-8-16(14)20/h2-10,23H,11H2,1H3,(H,21,26)(H,24,25)/b22-10-. The Bertz CT molecular complexity index is 994. The predicted molar refractivity (Wildman–Crippen MR) is 103 cm³/mol. The van der Waals surface area contributed by atoms with E-state index in [4.69, 9.17) is 11.6 Å². The number of carbonyl (C=O) groups excluding carboxylic acids is 2. The monoisotopic (exact) mass is 368 g/mol. The fourth-order valence-corrected chi connectivity index (χ4v) is 2.80. The van der Waals surface area contributed by atoms with E-state index in [0.29, 0.717) is 10.6 Å². The van der Waals surface area contributed by atoms with Crippen molar-refractivity contribution in [1.82, 2.24) is 15.7 Å². The molecule has 0 unspecified atom stereocenters. The van der Waals surface area contributed by atoms with Crippen LogP contribution in [-0.4, -0.2) is 29.6 Å². The zero-order valence-corrected chi connectivity index (χ0v) is 14.8. The Morgan fingerprint density at radius 2 is 1.88 bits per heavy atom. The summed E-state index contributed by atoms with van der Waals surface area (Å²) in [6, 6.07) is 14.5. The number of aryl methyl sites for hydroxylation is 1. The average molecular weight is 369 g/mol. The first kappa shape index (κ1) is 17.7. The summed E-state index contributed by atoms with van der Waals surface area (Å²) in [4.78, 5) is 27.1. The number of nitrogens with zero attached hydrogens (tertiary/aromatic N) is 1. The third-order valence-electron chi connectivity index (χ3n) is 3.85. The van der Waals surface area contributed by atoms with Crippen molar-refractivity contribution in [2.24, 2.45) is 5.10 Å². The van der Waals surface area contributed by atoms with E-state index >= 15 is 0 Å². The lowest BCUT2D eigenvalue weighted by Crippen LogP contribution is -2.35. The van der Waals surface area contributed by atoms with Crippen molar-refractivity contribution in [2.45, 2.75) is 6.92 Å². The summed E-state index contributed by atoms with van der Waals surface area (Å²) in [6.07, 6.45) is 1.59. The number of para-hydroxylation sites is 1. The van der Waals surface area contributed by atoms with E-state index in [0.717, 1.165) is 22.2 Å². The second kappa shape index (κ2) is 7.84. The highest BCUT2D eigenvalue weighted by Gasteiger charge is 2.10. The van der Waals surface area contributed by atoms with E-state index < -0.39 is 11.8 Å². The minimum Gasteiger partial charge on any atom is -0.358 e. The van der Waals surface area contributed by atoms with Crippen LogP contribution in [0.2, 0.25) is 5.02 Å². The Morgan fingerprint density at radius 3 is 2.69 bits per heavy atom. The van der Waals surface area contributed by atoms with Gasteiger partial charge in [-0.3, -0.25) is 9.59 Å². The largest absolute Gasteiger partial charge is 0.358 e. The molecule has 3 aromatic rings. The van der Waals surface area contributed by atoms with Crippen LogP contribution in [0.5, 0.6) is 0 Å². The molecule has 0 spiro atoms. The Labute approximate surface area is 155 Å². The number of halogens is 1. The number of H-pyrrole nitrogens is 1. The van der Waals surface area contributed by atoms with Gasteiger partial charge in [-0.15, -0.1) is 0 Å². The van der Waals surface area contributed by atoms with Gasteiger partial charge in [0.05, 0.1) is 23.3 Å². The maximum absolute atomic E-state index is 12.0. The predicted octanol–water partition coefficient (Wildman–Crippen LogP) is 3.01. The topological polar surface area (TPSA) is 86.3 Å². The van der Waals surface area contributed by atoms with E-state index in [-0.39, 0.29) is 6.54 Å². The zero-order valence-electron chi connectivity index (χ0n) is 14.0. The van der Waals surface area contributed by atoms with Crippen molar-refractivity contribution in [3.8, 4) is 0 Å². The molecule has 7 heteroatoms. The molecular weight excluding hydrogens is 352 g/mol. The molecule has 132 valence electrons. The smallest absolute Gasteiger partial charge is 0.259 e. The minimum atomic E-state index is -0.431. The first-order valence-corrected chi connectivity index (χ1v) is 8.36. The normalized spacial score (nSPS) is 11.0. The number of carbonyl (C=O) groups is 2. The van der Waals surface area contributed by atoms with Crippen molar-refractivity contribution in [1.29, 1.82) is 0 Å². The lowest BCUT2D eigenvalue weighted by atomic mass is 10.1. The van der Waals surface area contributed by atoms with E-state index in [1.54, 1.807) is 30.5 Å². The molecule has 1 aromatic heterocycles.